The lowest BCUT2D eigenvalue weighted by Crippen LogP contribution is -2.13. The average molecular weight is 483 g/mol. The second kappa shape index (κ2) is 10.3. The normalized spacial score (nSPS) is 10.6. The highest BCUT2D eigenvalue weighted by molar-refractivity contribution is 7.13. The molecule has 1 amide bonds. The van der Waals surface area contributed by atoms with Gasteiger partial charge in [0.25, 0.3) is 5.91 Å². The first-order valence-corrected chi connectivity index (χ1v) is 11.0. The van der Waals surface area contributed by atoms with E-state index >= 15 is 0 Å². The molecule has 34 heavy (non-hydrogen) atoms. The molecule has 0 unspecified atom stereocenters. The van der Waals surface area contributed by atoms with Gasteiger partial charge in [0.1, 0.15) is 46.2 Å². The van der Waals surface area contributed by atoms with E-state index in [1.165, 1.54) is 30.6 Å². The van der Waals surface area contributed by atoms with E-state index in [0.717, 1.165) is 11.6 Å². The highest BCUT2D eigenvalue weighted by Crippen LogP contribution is 2.30. The first-order valence-electron chi connectivity index (χ1n) is 10.1. The molecule has 1 heterocycles. The molecule has 0 atom stereocenters. The molecular weight excluding hydrogens is 462 g/mol. The number of rotatable bonds is 8. The van der Waals surface area contributed by atoms with Crippen LogP contribution in [0.3, 0.4) is 0 Å². The molecule has 174 valence electrons. The summed E-state index contributed by atoms with van der Waals surface area (Å²) in [4.78, 5) is 17.1. The number of aromatic nitrogens is 1. The summed E-state index contributed by atoms with van der Waals surface area (Å²) in [5.41, 5.74) is 1.83. The summed E-state index contributed by atoms with van der Waals surface area (Å²) in [6.07, 6.45) is 0. The van der Waals surface area contributed by atoms with Crippen molar-refractivity contribution >= 4 is 22.9 Å². The maximum atomic E-state index is 13.7. The van der Waals surface area contributed by atoms with Gasteiger partial charge >= 0.3 is 0 Å². The number of carbonyl (C=O) groups excluding carboxylic acids is 1. The van der Waals surface area contributed by atoms with E-state index in [1.807, 2.05) is 0 Å². The fourth-order valence-corrected chi connectivity index (χ4v) is 3.90. The second-order valence-corrected chi connectivity index (χ2v) is 7.97. The summed E-state index contributed by atoms with van der Waals surface area (Å²) in [5.74, 6) is -0.0520. The number of nitrogens with one attached hydrogen (secondary N) is 1. The van der Waals surface area contributed by atoms with Crippen molar-refractivity contribution in [2.24, 2.45) is 0 Å². The molecule has 0 aliphatic heterocycles. The molecular formula is C25H20F2N2O4S. The van der Waals surface area contributed by atoms with Crippen molar-refractivity contribution in [1.29, 1.82) is 0 Å². The van der Waals surface area contributed by atoms with Crippen LogP contribution >= 0.6 is 11.3 Å². The van der Waals surface area contributed by atoms with Crippen LogP contribution in [0.2, 0.25) is 0 Å². The summed E-state index contributed by atoms with van der Waals surface area (Å²) in [6.45, 7) is -0.0259. The van der Waals surface area contributed by atoms with E-state index < -0.39 is 11.6 Å². The van der Waals surface area contributed by atoms with Crippen LogP contribution in [-0.4, -0.2) is 25.1 Å². The van der Waals surface area contributed by atoms with Crippen molar-refractivity contribution in [2.75, 3.05) is 19.5 Å². The SMILES string of the molecule is COc1ccc(NC(=O)c2csc(-c3ccc(OCc4ccc(F)cc4F)cc3)n2)c(OC)c1. The average Bonchev–Trinajstić information content (AvgIpc) is 3.34. The van der Waals surface area contributed by atoms with Crippen LogP contribution in [0.15, 0.2) is 66.0 Å². The van der Waals surface area contributed by atoms with Gasteiger partial charge in [-0.25, -0.2) is 13.8 Å². The maximum Gasteiger partial charge on any atom is 0.275 e. The largest absolute Gasteiger partial charge is 0.497 e. The lowest BCUT2D eigenvalue weighted by atomic mass is 10.2. The molecule has 0 saturated carbocycles. The lowest BCUT2D eigenvalue weighted by molar-refractivity contribution is 0.102. The number of anilines is 1. The number of thiazole rings is 1. The van der Waals surface area contributed by atoms with Crippen molar-refractivity contribution < 1.29 is 27.8 Å². The second-order valence-electron chi connectivity index (χ2n) is 7.11. The monoisotopic (exact) mass is 482 g/mol. The van der Waals surface area contributed by atoms with Crippen molar-refractivity contribution in [3.05, 3.63) is 88.9 Å². The Hall–Kier alpha value is -3.98. The molecule has 9 heteroatoms. The summed E-state index contributed by atoms with van der Waals surface area (Å²) in [6, 6.07) is 15.5. The van der Waals surface area contributed by atoms with Crippen LogP contribution in [0.1, 0.15) is 16.1 Å². The minimum atomic E-state index is -0.655. The highest BCUT2D eigenvalue weighted by Gasteiger charge is 2.15. The molecule has 0 spiro atoms. The minimum absolute atomic E-state index is 0.0259. The molecule has 4 rings (SSSR count). The molecule has 0 aliphatic carbocycles. The van der Waals surface area contributed by atoms with Gasteiger partial charge in [-0.1, -0.05) is 0 Å². The van der Waals surface area contributed by atoms with E-state index in [4.69, 9.17) is 14.2 Å². The summed E-state index contributed by atoms with van der Waals surface area (Å²) >= 11 is 1.33. The fraction of sp³-hybridized carbons (Fsp3) is 0.120. The number of ether oxygens (including phenoxy) is 3. The van der Waals surface area contributed by atoms with Gasteiger partial charge in [-0.05, 0) is 48.5 Å². The Morgan fingerprint density at radius 2 is 1.74 bits per heavy atom. The Labute approximate surface area is 198 Å². The molecule has 0 saturated heterocycles. The van der Waals surface area contributed by atoms with Crippen molar-refractivity contribution in [3.63, 3.8) is 0 Å². The first-order chi connectivity index (χ1) is 16.5. The van der Waals surface area contributed by atoms with Crippen LogP contribution in [0.25, 0.3) is 10.6 Å². The zero-order valence-electron chi connectivity index (χ0n) is 18.3. The van der Waals surface area contributed by atoms with Crippen LogP contribution in [0.4, 0.5) is 14.5 Å². The predicted molar refractivity (Wildman–Crippen MR) is 126 cm³/mol. The molecule has 6 nitrogen and oxygen atoms in total. The molecule has 3 aromatic carbocycles. The van der Waals surface area contributed by atoms with Gasteiger partial charge in [0.15, 0.2) is 0 Å². The van der Waals surface area contributed by atoms with Gasteiger partial charge in [-0.2, -0.15) is 0 Å². The zero-order valence-corrected chi connectivity index (χ0v) is 19.1. The highest BCUT2D eigenvalue weighted by atomic mass is 32.1. The third-order valence-corrected chi connectivity index (χ3v) is 5.80. The molecule has 1 N–H and O–H groups in total. The molecule has 1 aromatic heterocycles. The van der Waals surface area contributed by atoms with E-state index in [-0.39, 0.29) is 23.8 Å². The maximum absolute atomic E-state index is 13.7. The minimum Gasteiger partial charge on any atom is -0.497 e. The van der Waals surface area contributed by atoms with Gasteiger partial charge in [-0.15, -0.1) is 11.3 Å². The van der Waals surface area contributed by atoms with E-state index in [2.05, 4.69) is 10.3 Å². The lowest BCUT2D eigenvalue weighted by Gasteiger charge is -2.10. The van der Waals surface area contributed by atoms with Gasteiger partial charge in [0.2, 0.25) is 0 Å². The Morgan fingerprint density at radius 1 is 0.971 bits per heavy atom. The van der Waals surface area contributed by atoms with Gasteiger partial charge < -0.3 is 19.5 Å². The standard InChI is InChI=1S/C25H20F2N2O4S/c1-31-19-9-10-21(23(12-19)32-2)28-24(30)22-14-34-25(29-22)15-4-7-18(8-5-15)33-13-16-3-6-17(26)11-20(16)27/h3-12,14H,13H2,1-2H3,(H,28,30). The number of hydrogen-bond acceptors (Lipinski definition) is 6. The molecule has 0 fully saturated rings. The van der Waals surface area contributed by atoms with Gasteiger partial charge in [0, 0.05) is 28.6 Å². The van der Waals surface area contributed by atoms with Crippen molar-refractivity contribution in [3.8, 4) is 27.8 Å². The van der Waals surface area contributed by atoms with Crippen molar-refractivity contribution in [2.45, 2.75) is 6.61 Å². The van der Waals surface area contributed by atoms with Crippen LogP contribution < -0.4 is 19.5 Å². The topological polar surface area (TPSA) is 69.7 Å². The molecule has 0 radical (unpaired) electrons. The van der Waals surface area contributed by atoms with Crippen LogP contribution in [0, 0.1) is 11.6 Å². The number of methoxy groups -OCH3 is 2. The van der Waals surface area contributed by atoms with Crippen LogP contribution in [-0.2, 0) is 6.61 Å². The number of halogens is 2. The number of carbonyl (C=O) groups is 1. The Bertz CT molecular complexity index is 1310. The molecule has 4 aromatic rings. The van der Waals surface area contributed by atoms with Gasteiger partial charge in [-0.3, -0.25) is 4.79 Å². The summed E-state index contributed by atoms with van der Waals surface area (Å²) < 4.78 is 42.8. The first kappa shape index (κ1) is 23.2. The summed E-state index contributed by atoms with van der Waals surface area (Å²) in [5, 5.41) is 5.12. The van der Waals surface area contributed by atoms with Gasteiger partial charge in [0.05, 0.1) is 19.9 Å². The number of benzene rings is 3. The number of hydrogen-bond donors (Lipinski definition) is 1. The van der Waals surface area contributed by atoms with Crippen LogP contribution in [0.5, 0.6) is 17.2 Å². The third kappa shape index (κ3) is 5.32. The predicted octanol–water partition coefficient (Wildman–Crippen LogP) is 5.94. The summed E-state index contributed by atoms with van der Waals surface area (Å²) in [7, 11) is 3.06. The van der Waals surface area contributed by atoms with E-state index in [9.17, 15) is 13.6 Å². The quantitative estimate of drug-likeness (QED) is 0.337. The molecule has 0 aliphatic rings. The van der Waals surface area contributed by atoms with Crippen molar-refractivity contribution in [1.82, 2.24) is 4.98 Å². The zero-order chi connectivity index (χ0) is 24.1. The Balaban J connectivity index is 1.41. The number of amides is 1. The molecule has 0 bridgehead atoms. The smallest absolute Gasteiger partial charge is 0.275 e. The number of nitrogens with zero attached hydrogens (tertiary/aromatic N) is 1. The Kier molecular flexibility index (Phi) is 7.03. The van der Waals surface area contributed by atoms with E-state index in [0.29, 0.717) is 27.9 Å². The fourth-order valence-electron chi connectivity index (χ4n) is 3.09. The third-order valence-electron chi connectivity index (χ3n) is 4.90. The Morgan fingerprint density at radius 3 is 2.44 bits per heavy atom. The van der Waals surface area contributed by atoms with E-state index in [1.54, 1.807) is 55.0 Å².